The Morgan fingerprint density at radius 2 is 1.89 bits per heavy atom. The molecule has 7 nitrogen and oxygen atoms in total. The highest BCUT2D eigenvalue weighted by molar-refractivity contribution is 7.89. The monoisotopic (exact) mass is 411 g/mol. The van der Waals surface area contributed by atoms with E-state index in [4.69, 9.17) is 12.2 Å². The van der Waals surface area contributed by atoms with Crippen molar-refractivity contribution in [3.8, 4) is 0 Å². The number of nitrogens with zero attached hydrogens (tertiary/aromatic N) is 3. The van der Waals surface area contributed by atoms with Crippen LogP contribution in [0.2, 0.25) is 0 Å². The first kappa shape index (κ1) is 20.3. The van der Waals surface area contributed by atoms with Gasteiger partial charge in [0, 0.05) is 45.0 Å². The summed E-state index contributed by atoms with van der Waals surface area (Å²) in [6.07, 6.45) is 7.80. The average Bonchev–Trinajstić information content (AvgIpc) is 2.69. The van der Waals surface area contributed by atoms with Crippen molar-refractivity contribution in [2.45, 2.75) is 38.1 Å². The summed E-state index contributed by atoms with van der Waals surface area (Å²) in [7, 11) is -3.28. The number of hydrogen-bond donors (Lipinski definition) is 2. The molecule has 27 heavy (non-hydrogen) atoms. The molecule has 2 fully saturated rings. The van der Waals surface area contributed by atoms with Crippen LogP contribution >= 0.6 is 12.2 Å². The van der Waals surface area contributed by atoms with Gasteiger partial charge in [-0.1, -0.05) is 25.3 Å². The lowest BCUT2D eigenvalue weighted by atomic mass is 9.96. The van der Waals surface area contributed by atoms with Crippen LogP contribution in [0.5, 0.6) is 0 Å². The molecule has 1 aromatic rings. The van der Waals surface area contributed by atoms with Gasteiger partial charge in [0.25, 0.3) is 0 Å². The number of nitrogens with one attached hydrogen (secondary N) is 2. The van der Waals surface area contributed by atoms with Gasteiger partial charge in [0.15, 0.2) is 5.11 Å². The Kier molecular flexibility index (Phi) is 7.26. The Morgan fingerprint density at radius 3 is 2.56 bits per heavy atom. The largest absolute Gasteiger partial charge is 0.362 e. The van der Waals surface area contributed by atoms with E-state index in [-0.39, 0.29) is 5.75 Å². The molecule has 2 aliphatic rings. The van der Waals surface area contributed by atoms with Crippen molar-refractivity contribution in [3.05, 3.63) is 24.4 Å². The van der Waals surface area contributed by atoms with Crippen LogP contribution in [0.1, 0.15) is 32.1 Å². The number of anilines is 1. The van der Waals surface area contributed by atoms with E-state index in [9.17, 15) is 8.42 Å². The van der Waals surface area contributed by atoms with Crippen molar-refractivity contribution in [1.82, 2.24) is 19.9 Å². The van der Waals surface area contributed by atoms with Crippen molar-refractivity contribution in [1.29, 1.82) is 0 Å². The Balaban J connectivity index is 1.39. The summed E-state index contributed by atoms with van der Waals surface area (Å²) < 4.78 is 26.8. The molecule has 1 saturated carbocycles. The Hall–Kier alpha value is -1.45. The third kappa shape index (κ3) is 6.02. The lowest BCUT2D eigenvalue weighted by molar-refractivity contribution is 0.383. The minimum absolute atomic E-state index is 0.0586. The minimum Gasteiger partial charge on any atom is -0.362 e. The van der Waals surface area contributed by atoms with Crippen LogP contribution in [0.3, 0.4) is 0 Å². The van der Waals surface area contributed by atoms with E-state index < -0.39 is 10.0 Å². The molecule has 9 heteroatoms. The summed E-state index contributed by atoms with van der Waals surface area (Å²) in [4.78, 5) is 6.45. The number of thiocarbonyl (C=S) groups is 1. The van der Waals surface area contributed by atoms with Gasteiger partial charge in [0.1, 0.15) is 5.82 Å². The van der Waals surface area contributed by atoms with Crippen LogP contribution in [0.4, 0.5) is 5.82 Å². The molecular formula is C18H29N5O2S2. The van der Waals surface area contributed by atoms with Gasteiger partial charge in [0.2, 0.25) is 10.0 Å². The molecule has 1 aliphatic carbocycles. The number of hydrogen-bond acceptors (Lipinski definition) is 5. The predicted molar refractivity (Wildman–Crippen MR) is 112 cm³/mol. The van der Waals surface area contributed by atoms with Crippen molar-refractivity contribution >= 4 is 33.2 Å². The zero-order chi connectivity index (χ0) is 19.1. The second-order valence-electron chi connectivity index (χ2n) is 7.13. The van der Waals surface area contributed by atoms with E-state index in [0.717, 1.165) is 18.7 Å². The maximum absolute atomic E-state index is 12.6. The molecule has 0 bridgehead atoms. The maximum atomic E-state index is 12.6. The predicted octanol–water partition coefficient (Wildman–Crippen LogP) is 1.33. The summed E-state index contributed by atoms with van der Waals surface area (Å²) in [5.41, 5.74) is 0. The van der Waals surface area contributed by atoms with Crippen LogP contribution in [-0.4, -0.2) is 67.3 Å². The van der Waals surface area contributed by atoms with E-state index in [1.807, 2.05) is 18.2 Å². The lowest BCUT2D eigenvalue weighted by Gasteiger charge is -2.34. The quantitative estimate of drug-likeness (QED) is 0.684. The fraction of sp³-hybridized carbons (Fsp3) is 0.667. The highest BCUT2D eigenvalue weighted by atomic mass is 32.2. The van der Waals surface area contributed by atoms with E-state index in [2.05, 4.69) is 20.5 Å². The van der Waals surface area contributed by atoms with Crippen LogP contribution in [-0.2, 0) is 10.0 Å². The van der Waals surface area contributed by atoms with E-state index >= 15 is 0 Å². The van der Waals surface area contributed by atoms with E-state index in [1.54, 1.807) is 10.5 Å². The number of sulfonamides is 1. The van der Waals surface area contributed by atoms with Crippen LogP contribution in [0, 0.1) is 0 Å². The standard InChI is InChI=1S/C18H29N5O2S2/c24-27(25,15-10-20-18(26)21-16-6-2-1-3-7-16)23-13-11-22(12-14-23)17-8-4-5-9-19-17/h4-5,8-9,16H,1-3,6-7,10-15H2,(H2,20,21,26). The van der Waals surface area contributed by atoms with Gasteiger partial charge in [-0.05, 0) is 37.2 Å². The summed E-state index contributed by atoms with van der Waals surface area (Å²) in [5, 5.41) is 6.93. The molecule has 1 aromatic heterocycles. The number of piperazine rings is 1. The molecule has 0 spiro atoms. The zero-order valence-corrected chi connectivity index (χ0v) is 17.3. The minimum atomic E-state index is -3.28. The van der Waals surface area contributed by atoms with Gasteiger partial charge < -0.3 is 15.5 Å². The molecule has 1 saturated heterocycles. The normalized spacial score (nSPS) is 19.6. The lowest BCUT2D eigenvalue weighted by Crippen LogP contribution is -2.51. The maximum Gasteiger partial charge on any atom is 0.215 e. The smallest absolute Gasteiger partial charge is 0.215 e. The van der Waals surface area contributed by atoms with Crippen LogP contribution in [0.25, 0.3) is 0 Å². The molecule has 0 amide bonds. The fourth-order valence-corrected chi connectivity index (χ4v) is 5.25. The highest BCUT2D eigenvalue weighted by Gasteiger charge is 2.27. The SMILES string of the molecule is O=S(=O)(CCNC(=S)NC1CCCCC1)N1CCN(c2ccccn2)CC1. The van der Waals surface area contributed by atoms with Crippen LogP contribution in [0.15, 0.2) is 24.4 Å². The van der Waals surface area contributed by atoms with E-state index in [1.165, 1.54) is 19.3 Å². The first-order valence-electron chi connectivity index (χ1n) is 9.73. The molecule has 2 heterocycles. The first-order chi connectivity index (χ1) is 13.0. The zero-order valence-electron chi connectivity index (χ0n) is 15.6. The van der Waals surface area contributed by atoms with Crippen molar-refractivity contribution in [3.63, 3.8) is 0 Å². The molecule has 3 rings (SSSR count). The van der Waals surface area contributed by atoms with Crippen molar-refractivity contribution in [2.24, 2.45) is 0 Å². The molecule has 0 atom stereocenters. The summed E-state index contributed by atoms with van der Waals surface area (Å²) in [6, 6.07) is 6.20. The number of aromatic nitrogens is 1. The molecule has 2 N–H and O–H groups in total. The first-order valence-corrected chi connectivity index (χ1v) is 11.7. The van der Waals surface area contributed by atoms with Gasteiger partial charge in [-0.15, -0.1) is 0 Å². The highest BCUT2D eigenvalue weighted by Crippen LogP contribution is 2.17. The summed E-state index contributed by atoms with van der Waals surface area (Å²) in [5.74, 6) is 0.957. The summed E-state index contributed by atoms with van der Waals surface area (Å²) >= 11 is 5.30. The Morgan fingerprint density at radius 1 is 1.15 bits per heavy atom. The molecule has 150 valence electrons. The van der Waals surface area contributed by atoms with Crippen molar-refractivity contribution < 1.29 is 8.42 Å². The Labute approximate surface area is 167 Å². The van der Waals surface area contributed by atoms with Gasteiger partial charge >= 0.3 is 0 Å². The number of rotatable bonds is 6. The second kappa shape index (κ2) is 9.66. The Bertz CT molecular complexity index is 700. The molecule has 0 aromatic carbocycles. The van der Waals surface area contributed by atoms with Gasteiger partial charge in [-0.3, -0.25) is 0 Å². The molecule has 1 aliphatic heterocycles. The van der Waals surface area contributed by atoms with Crippen LogP contribution < -0.4 is 15.5 Å². The molecular weight excluding hydrogens is 382 g/mol. The third-order valence-electron chi connectivity index (χ3n) is 5.19. The molecule has 0 radical (unpaired) electrons. The van der Waals surface area contributed by atoms with Crippen molar-refractivity contribution in [2.75, 3.05) is 43.4 Å². The van der Waals surface area contributed by atoms with Gasteiger partial charge in [0.05, 0.1) is 5.75 Å². The third-order valence-corrected chi connectivity index (χ3v) is 7.33. The van der Waals surface area contributed by atoms with E-state index in [0.29, 0.717) is 43.9 Å². The average molecular weight is 412 g/mol. The number of pyridine rings is 1. The van der Waals surface area contributed by atoms with Gasteiger partial charge in [-0.25, -0.2) is 13.4 Å². The summed E-state index contributed by atoms with van der Waals surface area (Å²) in [6.45, 7) is 2.63. The fourth-order valence-electron chi connectivity index (χ4n) is 3.64. The second-order valence-corrected chi connectivity index (χ2v) is 9.62. The van der Waals surface area contributed by atoms with Gasteiger partial charge in [-0.2, -0.15) is 4.31 Å². The topological polar surface area (TPSA) is 77.6 Å². The molecule has 0 unspecified atom stereocenters.